The molecule has 0 spiro atoms. The van der Waals surface area contributed by atoms with Gasteiger partial charge in [0, 0.05) is 25.2 Å². The smallest absolute Gasteiger partial charge is 0.412 e. The van der Waals surface area contributed by atoms with Crippen molar-refractivity contribution in [3.8, 4) is 0 Å². The van der Waals surface area contributed by atoms with Crippen LogP contribution >= 0.6 is 11.8 Å². The van der Waals surface area contributed by atoms with Gasteiger partial charge in [-0.2, -0.15) is 0 Å². The molecule has 7 nitrogen and oxygen atoms in total. The van der Waals surface area contributed by atoms with Gasteiger partial charge in [-0.25, -0.2) is 14.6 Å². The summed E-state index contributed by atoms with van der Waals surface area (Å²) in [6.45, 7) is 0.0977. The molecule has 0 unspecified atom stereocenters. The molecular weight excluding hydrogens is 330 g/mol. The topological polar surface area (TPSA) is 84.7 Å². The van der Waals surface area contributed by atoms with Crippen molar-refractivity contribution in [3.63, 3.8) is 0 Å². The summed E-state index contributed by atoms with van der Waals surface area (Å²) in [6, 6.07) is 8.34. The van der Waals surface area contributed by atoms with Crippen molar-refractivity contribution < 1.29 is 19.4 Å². The second kappa shape index (κ2) is 6.96. The van der Waals surface area contributed by atoms with E-state index >= 15 is 0 Å². The van der Waals surface area contributed by atoms with Gasteiger partial charge in [0.2, 0.25) is 0 Å². The van der Waals surface area contributed by atoms with Crippen LogP contribution in [0.25, 0.3) is 0 Å². The first kappa shape index (κ1) is 16.4. The third kappa shape index (κ3) is 3.23. The maximum atomic E-state index is 12.5. The third-order valence-corrected chi connectivity index (χ3v) is 5.04. The molecule has 0 aliphatic carbocycles. The first-order valence-electron chi connectivity index (χ1n) is 7.38. The van der Waals surface area contributed by atoms with Gasteiger partial charge >= 0.3 is 12.1 Å². The van der Waals surface area contributed by atoms with Gasteiger partial charge in [-0.3, -0.25) is 4.90 Å². The van der Waals surface area contributed by atoms with Crippen molar-refractivity contribution >= 4 is 23.8 Å². The molecule has 1 N–H and O–H groups in total. The summed E-state index contributed by atoms with van der Waals surface area (Å²) in [5, 5.41) is 8.93. The van der Waals surface area contributed by atoms with Gasteiger partial charge in [-0.05, 0) is 5.56 Å². The van der Waals surface area contributed by atoms with Crippen molar-refractivity contribution in [1.82, 2.24) is 14.5 Å². The molecule has 0 bridgehead atoms. The summed E-state index contributed by atoms with van der Waals surface area (Å²) in [5.41, 5.74) is 0.845. The number of amides is 1. The molecule has 0 saturated carbocycles. The van der Waals surface area contributed by atoms with Gasteiger partial charge in [-0.15, -0.1) is 11.8 Å². The maximum Gasteiger partial charge on any atom is 0.412 e. The number of ether oxygens (including phenoxy) is 1. The normalized spacial score (nSPS) is 20.1. The van der Waals surface area contributed by atoms with Crippen LogP contribution in [-0.2, 0) is 23.2 Å². The van der Waals surface area contributed by atoms with E-state index in [1.165, 1.54) is 16.7 Å². The molecule has 0 radical (unpaired) electrons. The Bertz CT molecular complexity index is 734. The number of aromatic nitrogens is 2. The quantitative estimate of drug-likeness (QED) is 0.913. The largest absolute Gasteiger partial charge is 0.480 e. The number of hydrogen-bond acceptors (Lipinski definition) is 5. The van der Waals surface area contributed by atoms with Crippen LogP contribution in [0, 0.1) is 0 Å². The number of imidazole rings is 1. The molecular formula is C16H17N3O4S. The Morgan fingerprint density at radius 3 is 2.75 bits per heavy atom. The van der Waals surface area contributed by atoms with E-state index in [1.807, 2.05) is 37.4 Å². The Hall–Kier alpha value is -2.48. The van der Waals surface area contributed by atoms with Crippen molar-refractivity contribution in [2.75, 3.05) is 5.75 Å². The SMILES string of the molecule is Cn1ccnc1[C@@H]1SC[C@@H](C(=O)O)N1C(=O)OCc1ccccc1. The zero-order chi connectivity index (χ0) is 17.1. The van der Waals surface area contributed by atoms with Crippen molar-refractivity contribution in [2.45, 2.75) is 18.0 Å². The van der Waals surface area contributed by atoms with Crippen LogP contribution in [0.1, 0.15) is 16.8 Å². The number of aliphatic carboxylic acids is 1. The van der Waals surface area contributed by atoms with E-state index in [1.54, 1.807) is 17.0 Å². The van der Waals surface area contributed by atoms with Crippen molar-refractivity contribution in [2.24, 2.45) is 7.05 Å². The molecule has 2 atom stereocenters. The molecule has 3 rings (SSSR count). The van der Waals surface area contributed by atoms with E-state index in [4.69, 9.17) is 4.74 Å². The number of rotatable bonds is 4. The highest BCUT2D eigenvalue weighted by molar-refractivity contribution is 7.99. The molecule has 1 saturated heterocycles. The predicted octanol–water partition coefficient (Wildman–Crippen LogP) is 2.26. The third-order valence-electron chi connectivity index (χ3n) is 3.78. The van der Waals surface area contributed by atoms with Gasteiger partial charge in [0.1, 0.15) is 23.8 Å². The standard InChI is InChI=1S/C16H17N3O4S/c1-18-8-7-17-13(18)14-19(12(10-24-14)15(20)21)16(22)23-9-11-5-3-2-4-6-11/h2-8,12,14H,9-10H2,1H3,(H,20,21)/t12-,14-/m0/s1. The number of carboxylic acid groups (broad SMARTS) is 1. The molecule has 1 amide bonds. The lowest BCUT2D eigenvalue weighted by Gasteiger charge is -2.26. The van der Waals surface area contributed by atoms with Crippen LogP contribution in [-0.4, -0.2) is 43.4 Å². The zero-order valence-electron chi connectivity index (χ0n) is 13.0. The van der Waals surface area contributed by atoms with Crippen molar-refractivity contribution in [1.29, 1.82) is 0 Å². The molecule has 24 heavy (non-hydrogen) atoms. The minimum Gasteiger partial charge on any atom is -0.480 e. The number of carboxylic acids is 1. The lowest BCUT2D eigenvalue weighted by Crippen LogP contribution is -2.43. The van der Waals surface area contributed by atoms with Crippen LogP contribution in [0.3, 0.4) is 0 Å². The number of nitrogens with zero attached hydrogens (tertiary/aromatic N) is 3. The van der Waals surface area contributed by atoms with Crippen LogP contribution < -0.4 is 0 Å². The van der Waals surface area contributed by atoms with E-state index in [9.17, 15) is 14.7 Å². The highest BCUT2D eigenvalue weighted by Gasteiger charge is 2.45. The van der Waals surface area contributed by atoms with E-state index in [-0.39, 0.29) is 6.61 Å². The van der Waals surface area contributed by atoms with Crippen LogP contribution in [0.4, 0.5) is 4.79 Å². The number of thioether (sulfide) groups is 1. The summed E-state index contributed by atoms with van der Waals surface area (Å²) < 4.78 is 7.11. The Morgan fingerprint density at radius 2 is 2.12 bits per heavy atom. The number of benzene rings is 1. The lowest BCUT2D eigenvalue weighted by molar-refractivity contribution is -0.141. The average Bonchev–Trinajstić information content (AvgIpc) is 3.19. The van der Waals surface area contributed by atoms with Crippen LogP contribution in [0.2, 0.25) is 0 Å². The summed E-state index contributed by atoms with van der Waals surface area (Å²) in [6.07, 6.45) is 2.74. The molecule has 126 valence electrons. The molecule has 1 aromatic carbocycles. The number of hydrogen-bond donors (Lipinski definition) is 1. The number of carbonyl (C=O) groups excluding carboxylic acids is 1. The van der Waals surface area contributed by atoms with E-state index in [0.717, 1.165) is 5.56 Å². The highest BCUT2D eigenvalue weighted by atomic mass is 32.2. The Balaban J connectivity index is 1.78. The molecule has 8 heteroatoms. The van der Waals surface area contributed by atoms with E-state index in [0.29, 0.717) is 11.6 Å². The second-order valence-corrected chi connectivity index (χ2v) is 6.50. The highest BCUT2D eigenvalue weighted by Crippen LogP contribution is 2.41. The summed E-state index contributed by atoms with van der Waals surface area (Å²) >= 11 is 1.37. The summed E-state index contributed by atoms with van der Waals surface area (Å²) in [7, 11) is 1.81. The average molecular weight is 347 g/mol. The van der Waals surface area contributed by atoms with E-state index in [2.05, 4.69) is 4.98 Å². The Morgan fingerprint density at radius 1 is 1.38 bits per heavy atom. The molecule has 1 aromatic heterocycles. The Labute approximate surface area is 143 Å². The first-order valence-corrected chi connectivity index (χ1v) is 8.43. The molecule has 2 heterocycles. The fourth-order valence-corrected chi connectivity index (χ4v) is 3.97. The fraction of sp³-hybridized carbons (Fsp3) is 0.312. The molecule has 1 fully saturated rings. The van der Waals surface area contributed by atoms with Gasteiger partial charge in [0.05, 0.1) is 0 Å². The monoisotopic (exact) mass is 347 g/mol. The van der Waals surface area contributed by atoms with Crippen LogP contribution in [0.15, 0.2) is 42.7 Å². The minimum absolute atomic E-state index is 0.0977. The Kier molecular flexibility index (Phi) is 4.75. The number of carbonyl (C=O) groups is 2. The van der Waals surface area contributed by atoms with Crippen LogP contribution in [0.5, 0.6) is 0 Å². The predicted molar refractivity (Wildman–Crippen MR) is 88.3 cm³/mol. The minimum atomic E-state index is -1.05. The van der Waals surface area contributed by atoms with Crippen molar-refractivity contribution in [3.05, 3.63) is 54.1 Å². The van der Waals surface area contributed by atoms with Gasteiger partial charge in [-0.1, -0.05) is 30.3 Å². The van der Waals surface area contributed by atoms with E-state index < -0.39 is 23.5 Å². The van der Waals surface area contributed by atoms with Gasteiger partial charge in [0.15, 0.2) is 0 Å². The first-order chi connectivity index (χ1) is 11.6. The van der Waals surface area contributed by atoms with Gasteiger partial charge in [0.25, 0.3) is 0 Å². The maximum absolute atomic E-state index is 12.5. The fourth-order valence-electron chi connectivity index (χ4n) is 2.53. The number of aryl methyl sites for hydroxylation is 1. The molecule has 1 aliphatic rings. The summed E-state index contributed by atoms with van der Waals surface area (Å²) in [5.74, 6) is -0.121. The second-order valence-electron chi connectivity index (χ2n) is 5.38. The zero-order valence-corrected chi connectivity index (χ0v) is 13.8. The molecule has 2 aromatic rings. The lowest BCUT2D eigenvalue weighted by atomic mass is 10.2. The summed E-state index contributed by atoms with van der Waals surface area (Å²) in [4.78, 5) is 29.5. The molecule has 1 aliphatic heterocycles. The van der Waals surface area contributed by atoms with Gasteiger partial charge < -0.3 is 14.4 Å².